The highest BCUT2D eigenvalue weighted by Crippen LogP contribution is 2.31. The smallest absolute Gasteiger partial charge is 0.316 e. The minimum absolute atomic E-state index is 0.0997. The second-order valence-electron chi connectivity index (χ2n) is 5.18. The summed E-state index contributed by atoms with van der Waals surface area (Å²) in [6.45, 7) is 1.33. The van der Waals surface area contributed by atoms with E-state index in [1.54, 1.807) is 18.2 Å². The zero-order valence-electron chi connectivity index (χ0n) is 14.2. The lowest BCUT2D eigenvalue weighted by atomic mass is 10.2. The summed E-state index contributed by atoms with van der Waals surface area (Å²) in [6, 6.07) is 4.49. The van der Waals surface area contributed by atoms with E-state index >= 15 is 0 Å². The third kappa shape index (κ3) is 5.47. The Morgan fingerprint density at radius 2 is 2.19 bits per heavy atom. The van der Waals surface area contributed by atoms with Crippen molar-refractivity contribution >= 4 is 56.8 Å². The Bertz CT molecular complexity index is 873. The predicted molar refractivity (Wildman–Crippen MR) is 102 cm³/mol. The van der Waals surface area contributed by atoms with Gasteiger partial charge in [-0.25, -0.2) is 4.98 Å². The Labute approximate surface area is 158 Å². The van der Waals surface area contributed by atoms with E-state index in [0.29, 0.717) is 5.69 Å². The van der Waals surface area contributed by atoms with Crippen molar-refractivity contribution in [3.63, 3.8) is 0 Å². The van der Waals surface area contributed by atoms with Gasteiger partial charge in [0.05, 0.1) is 23.1 Å². The molecule has 136 valence electrons. The lowest BCUT2D eigenvalue weighted by Gasteiger charge is -2.15. The Kier molecular flexibility index (Phi) is 7.00. The van der Waals surface area contributed by atoms with Gasteiger partial charge in [0.2, 0.25) is 11.8 Å². The van der Waals surface area contributed by atoms with Crippen LogP contribution in [0, 0.1) is 12.3 Å². The predicted octanol–water partition coefficient (Wildman–Crippen LogP) is 2.03. The van der Waals surface area contributed by atoms with Gasteiger partial charge in [0, 0.05) is 19.0 Å². The molecule has 0 fully saturated rings. The van der Waals surface area contributed by atoms with Gasteiger partial charge in [0.25, 0.3) is 0 Å². The summed E-state index contributed by atoms with van der Waals surface area (Å²) in [5, 5.41) is 5.27. The molecule has 0 spiro atoms. The summed E-state index contributed by atoms with van der Waals surface area (Å²) in [4.78, 5) is 39.1. The highest BCUT2D eigenvalue weighted by atomic mass is 32.2. The van der Waals surface area contributed by atoms with E-state index in [0.717, 1.165) is 14.6 Å². The van der Waals surface area contributed by atoms with E-state index in [2.05, 4.69) is 26.3 Å². The van der Waals surface area contributed by atoms with Crippen LogP contribution in [0.5, 0.6) is 0 Å². The second-order valence-corrected chi connectivity index (χ2v) is 7.43. The molecule has 2 rings (SSSR count). The topological polar surface area (TPSA) is 97.4 Å². The first-order valence-electron chi connectivity index (χ1n) is 7.54. The number of esters is 1. The molecule has 1 atom stereocenters. The van der Waals surface area contributed by atoms with Crippen LogP contribution in [-0.2, 0) is 19.1 Å². The molecule has 1 aromatic heterocycles. The van der Waals surface area contributed by atoms with Gasteiger partial charge in [-0.2, -0.15) is 0 Å². The first-order chi connectivity index (χ1) is 12.4. The van der Waals surface area contributed by atoms with Crippen molar-refractivity contribution in [3.8, 4) is 12.3 Å². The number of aromatic nitrogens is 1. The molecule has 9 heteroatoms. The van der Waals surface area contributed by atoms with Gasteiger partial charge in [-0.3, -0.25) is 14.4 Å². The summed E-state index contributed by atoms with van der Waals surface area (Å²) in [5.74, 6) is 1.53. The van der Waals surface area contributed by atoms with Crippen LogP contribution in [0.2, 0.25) is 0 Å². The van der Waals surface area contributed by atoms with E-state index in [1.165, 1.54) is 37.1 Å². The zero-order chi connectivity index (χ0) is 19.1. The van der Waals surface area contributed by atoms with Gasteiger partial charge in [0.15, 0.2) is 4.34 Å². The molecule has 26 heavy (non-hydrogen) atoms. The van der Waals surface area contributed by atoms with Crippen LogP contribution < -0.4 is 10.6 Å². The fourth-order valence-electron chi connectivity index (χ4n) is 2.02. The number of methoxy groups -OCH3 is 1. The number of hydrogen-bond donors (Lipinski definition) is 2. The molecule has 0 aliphatic carbocycles. The molecule has 1 aromatic carbocycles. The number of fused-ring (bicyclic) bond motifs is 1. The van der Waals surface area contributed by atoms with Crippen LogP contribution in [0.15, 0.2) is 22.5 Å². The summed E-state index contributed by atoms with van der Waals surface area (Å²) in [6.07, 6.45) is 5.35. The number of thiazole rings is 1. The lowest BCUT2D eigenvalue weighted by Crippen LogP contribution is -2.42. The number of terminal acetylenes is 1. The van der Waals surface area contributed by atoms with Gasteiger partial charge in [-0.05, 0) is 18.2 Å². The van der Waals surface area contributed by atoms with Crippen LogP contribution >= 0.6 is 23.1 Å². The molecule has 2 N–H and O–H groups in total. The number of benzene rings is 1. The second kappa shape index (κ2) is 9.22. The van der Waals surface area contributed by atoms with Crippen LogP contribution in [-0.4, -0.2) is 41.7 Å². The van der Waals surface area contributed by atoms with Crippen LogP contribution in [0.4, 0.5) is 5.69 Å². The summed E-state index contributed by atoms with van der Waals surface area (Å²) in [7, 11) is 1.34. The van der Waals surface area contributed by atoms with Gasteiger partial charge in [-0.15, -0.1) is 23.7 Å². The largest absolute Gasteiger partial charge is 0.468 e. The maximum Gasteiger partial charge on any atom is 0.316 e. The molecule has 2 aromatic rings. The van der Waals surface area contributed by atoms with Crippen LogP contribution in [0.25, 0.3) is 10.2 Å². The number of carbonyl (C=O) groups is 3. The monoisotopic (exact) mass is 391 g/mol. The van der Waals surface area contributed by atoms with Crippen molar-refractivity contribution < 1.29 is 19.1 Å². The molecule has 0 aliphatic rings. The minimum Gasteiger partial charge on any atom is -0.468 e. The fraction of sp³-hybridized carbons (Fsp3) is 0.294. The number of rotatable bonds is 7. The van der Waals surface area contributed by atoms with Crippen molar-refractivity contribution in [2.24, 2.45) is 0 Å². The molecule has 7 nitrogen and oxygen atoms in total. The number of ether oxygens (including phenoxy) is 1. The van der Waals surface area contributed by atoms with E-state index < -0.39 is 6.04 Å². The summed E-state index contributed by atoms with van der Waals surface area (Å²) < 4.78 is 6.20. The lowest BCUT2D eigenvalue weighted by molar-refractivity contribution is -0.137. The highest BCUT2D eigenvalue weighted by molar-refractivity contribution is 8.01. The number of thioether (sulfide) groups is 1. The van der Waals surface area contributed by atoms with Gasteiger partial charge in [0.1, 0.15) is 6.04 Å². The number of amides is 2. The zero-order valence-corrected chi connectivity index (χ0v) is 15.8. The Balaban J connectivity index is 2.10. The van der Waals surface area contributed by atoms with Crippen molar-refractivity contribution in [2.75, 3.05) is 18.2 Å². The van der Waals surface area contributed by atoms with Crippen molar-refractivity contribution in [1.82, 2.24) is 10.3 Å². The van der Waals surface area contributed by atoms with E-state index in [-0.39, 0.29) is 30.0 Å². The van der Waals surface area contributed by atoms with E-state index in [9.17, 15) is 14.4 Å². The van der Waals surface area contributed by atoms with Gasteiger partial charge < -0.3 is 15.4 Å². The Morgan fingerprint density at radius 3 is 2.85 bits per heavy atom. The molecule has 2 amide bonds. The maximum atomic E-state index is 12.3. The molecular formula is C17H17N3O4S2. The average Bonchev–Trinajstić information content (AvgIpc) is 3.01. The minimum atomic E-state index is -0.791. The molecule has 0 radical (unpaired) electrons. The maximum absolute atomic E-state index is 12.3. The van der Waals surface area contributed by atoms with Gasteiger partial charge >= 0.3 is 5.97 Å². The number of anilines is 1. The molecular weight excluding hydrogens is 374 g/mol. The Morgan fingerprint density at radius 1 is 1.42 bits per heavy atom. The SMILES string of the molecule is C#CCC(NC(C)=O)C(=O)Nc1ccc2nc(SCC(=O)OC)sc2c1. The average molecular weight is 391 g/mol. The number of nitrogens with one attached hydrogen (secondary N) is 2. The van der Waals surface area contributed by atoms with Crippen molar-refractivity contribution in [3.05, 3.63) is 18.2 Å². The third-order valence-corrected chi connectivity index (χ3v) is 5.33. The van der Waals surface area contributed by atoms with Crippen LogP contribution in [0.3, 0.4) is 0 Å². The quantitative estimate of drug-likeness (QED) is 0.426. The van der Waals surface area contributed by atoms with Crippen molar-refractivity contribution in [1.29, 1.82) is 0 Å². The van der Waals surface area contributed by atoms with E-state index in [1.807, 2.05) is 0 Å². The summed E-state index contributed by atoms with van der Waals surface area (Å²) in [5.41, 5.74) is 1.34. The van der Waals surface area contributed by atoms with Gasteiger partial charge in [-0.1, -0.05) is 11.8 Å². The molecule has 1 unspecified atom stereocenters. The molecule has 0 bridgehead atoms. The van der Waals surface area contributed by atoms with E-state index in [4.69, 9.17) is 6.42 Å². The number of carbonyl (C=O) groups excluding carboxylic acids is 3. The Hall–Kier alpha value is -2.57. The fourth-order valence-corrected chi connectivity index (χ4v) is 3.96. The molecule has 0 saturated carbocycles. The normalized spacial score (nSPS) is 11.4. The standard InChI is InChI=1S/C17H17N3O4S2/c1-4-5-13(18-10(2)21)16(23)19-11-6-7-12-14(8-11)26-17(20-12)25-9-15(22)24-3/h1,6-8,13H,5,9H2,2-3H3,(H,18,21)(H,19,23). The summed E-state index contributed by atoms with van der Waals surface area (Å²) >= 11 is 2.70. The third-order valence-electron chi connectivity index (χ3n) is 3.19. The van der Waals surface area contributed by atoms with Crippen molar-refractivity contribution in [2.45, 2.75) is 23.7 Å². The first kappa shape index (κ1) is 19.8. The molecule has 1 heterocycles. The molecule has 0 saturated heterocycles. The van der Waals surface area contributed by atoms with Crippen LogP contribution in [0.1, 0.15) is 13.3 Å². The first-order valence-corrected chi connectivity index (χ1v) is 9.34. The highest BCUT2D eigenvalue weighted by Gasteiger charge is 2.18. The molecule has 0 aliphatic heterocycles. The number of hydrogen-bond acceptors (Lipinski definition) is 7. The number of nitrogens with zero attached hydrogens (tertiary/aromatic N) is 1.